The summed E-state index contributed by atoms with van der Waals surface area (Å²) in [5.41, 5.74) is -5.27. The lowest BCUT2D eigenvalue weighted by atomic mass is 10.1. The quantitative estimate of drug-likeness (QED) is 0.159. The number of hydrogen-bond donors (Lipinski definition) is 2. The zero-order chi connectivity index (χ0) is 20.5. The van der Waals surface area contributed by atoms with Gasteiger partial charge in [0.15, 0.2) is 5.96 Å². The van der Waals surface area contributed by atoms with E-state index in [2.05, 4.69) is 20.4 Å². The van der Waals surface area contributed by atoms with Gasteiger partial charge in [-0.15, -0.1) is 24.0 Å². The Hall–Kier alpha value is -0.830. The minimum atomic E-state index is -5.27. The number of piperidine rings is 1. The van der Waals surface area contributed by atoms with Crippen molar-refractivity contribution in [3.8, 4) is 0 Å². The molecule has 0 atom stereocenters. The number of hydrogen-bond acceptors (Lipinski definition) is 5. The van der Waals surface area contributed by atoms with E-state index in [0.717, 1.165) is 0 Å². The van der Waals surface area contributed by atoms with Crippen LogP contribution in [-0.2, 0) is 19.6 Å². The van der Waals surface area contributed by atoms with Gasteiger partial charge in [-0.25, -0.2) is 8.42 Å². The Labute approximate surface area is 180 Å². The number of nitrogens with zero attached hydrogens (tertiary/aromatic N) is 2. The van der Waals surface area contributed by atoms with E-state index < -0.39 is 15.5 Å². The van der Waals surface area contributed by atoms with Crippen molar-refractivity contribution in [2.24, 2.45) is 4.99 Å². The third-order valence-electron chi connectivity index (χ3n) is 4.06. The Kier molecular flexibility index (Phi) is 12.3. The lowest BCUT2D eigenvalue weighted by Gasteiger charge is -2.32. The first-order valence-electron chi connectivity index (χ1n) is 8.80. The summed E-state index contributed by atoms with van der Waals surface area (Å²) in [6.45, 7) is 2.58. The molecule has 0 spiro atoms. The van der Waals surface area contributed by atoms with Gasteiger partial charge in [-0.3, -0.25) is 9.79 Å². The van der Waals surface area contributed by atoms with Gasteiger partial charge in [-0.1, -0.05) is 0 Å². The number of ether oxygens (including phenoxy) is 1. The lowest BCUT2D eigenvalue weighted by Crippen LogP contribution is -2.51. The molecule has 0 aromatic rings. The third-order valence-corrected chi connectivity index (χ3v) is 5.69. The minimum absolute atomic E-state index is 0. The van der Waals surface area contributed by atoms with E-state index in [0.29, 0.717) is 42.6 Å². The van der Waals surface area contributed by atoms with Crippen LogP contribution in [-0.4, -0.2) is 69.5 Å². The van der Waals surface area contributed by atoms with Crippen LogP contribution < -0.4 is 10.6 Å². The number of methoxy groups -OCH3 is 1. The second-order valence-corrected chi connectivity index (χ2v) is 7.99. The van der Waals surface area contributed by atoms with Crippen molar-refractivity contribution >= 4 is 45.9 Å². The number of rotatable bonds is 8. The van der Waals surface area contributed by atoms with Crippen LogP contribution in [0.25, 0.3) is 0 Å². The molecule has 0 saturated carbocycles. The highest BCUT2D eigenvalue weighted by Gasteiger charge is 2.50. The molecule has 1 heterocycles. The smallest absolute Gasteiger partial charge is 0.469 e. The van der Waals surface area contributed by atoms with E-state index in [4.69, 9.17) is 0 Å². The minimum Gasteiger partial charge on any atom is -0.469 e. The second kappa shape index (κ2) is 12.7. The normalized spacial score (nSPS) is 17.0. The van der Waals surface area contributed by atoms with Gasteiger partial charge in [0.25, 0.3) is 0 Å². The number of carbonyl (C=O) groups excluding carboxylic acids is 1. The van der Waals surface area contributed by atoms with Crippen molar-refractivity contribution in [3.63, 3.8) is 0 Å². The first-order valence-corrected chi connectivity index (χ1v) is 10.2. The average Bonchev–Trinajstić information content (AvgIpc) is 2.60. The predicted octanol–water partition coefficient (Wildman–Crippen LogP) is 1.82. The van der Waals surface area contributed by atoms with Gasteiger partial charge in [0.2, 0.25) is 0 Å². The van der Waals surface area contributed by atoms with Gasteiger partial charge < -0.3 is 15.4 Å². The van der Waals surface area contributed by atoms with Crippen molar-refractivity contribution < 1.29 is 31.1 Å². The fourth-order valence-electron chi connectivity index (χ4n) is 2.57. The molecule has 0 amide bonds. The Bertz CT molecular complexity index is 609. The van der Waals surface area contributed by atoms with Crippen LogP contribution in [0.4, 0.5) is 13.2 Å². The van der Waals surface area contributed by atoms with Crippen LogP contribution in [0.5, 0.6) is 0 Å². The van der Waals surface area contributed by atoms with Gasteiger partial charge in [-0.2, -0.15) is 17.5 Å². The maximum Gasteiger partial charge on any atom is 0.511 e. The molecule has 8 nitrogen and oxygen atoms in total. The molecule has 0 aromatic carbocycles. The summed E-state index contributed by atoms with van der Waals surface area (Å²) < 4.78 is 65.7. The Morgan fingerprint density at radius 3 is 2.36 bits per heavy atom. The van der Waals surface area contributed by atoms with Crippen LogP contribution in [0.1, 0.15) is 39.0 Å². The first-order chi connectivity index (χ1) is 12.6. The molecule has 166 valence electrons. The highest BCUT2D eigenvalue weighted by Crippen LogP contribution is 2.28. The van der Waals surface area contributed by atoms with Crippen LogP contribution in [0, 0.1) is 0 Å². The number of alkyl halides is 3. The molecule has 28 heavy (non-hydrogen) atoms. The van der Waals surface area contributed by atoms with E-state index in [-0.39, 0.29) is 61.9 Å². The van der Waals surface area contributed by atoms with E-state index in [1.165, 1.54) is 7.11 Å². The number of esters is 1. The van der Waals surface area contributed by atoms with Crippen molar-refractivity contribution in [2.45, 2.75) is 50.6 Å². The van der Waals surface area contributed by atoms with Gasteiger partial charge >= 0.3 is 21.5 Å². The highest BCUT2D eigenvalue weighted by atomic mass is 127. The molecular weight excluding hydrogens is 516 g/mol. The highest BCUT2D eigenvalue weighted by molar-refractivity contribution is 14.0. The Morgan fingerprint density at radius 2 is 1.86 bits per heavy atom. The van der Waals surface area contributed by atoms with E-state index in [1.807, 2.05) is 6.92 Å². The molecule has 0 radical (unpaired) electrons. The number of carbonyl (C=O) groups is 1. The molecule has 0 bridgehead atoms. The van der Waals surface area contributed by atoms with Gasteiger partial charge in [0, 0.05) is 38.6 Å². The largest absolute Gasteiger partial charge is 0.511 e. The lowest BCUT2D eigenvalue weighted by molar-refractivity contribution is -0.140. The van der Waals surface area contributed by atoms with Crippen molar-refractivity contribution in [1.29, 1.82) is 0 Å². The zero-order valence-electron chi connectivity index (χ0n) is 15.9. The maximum atomic E-state index is 12.6. The zero-order valence-corrected chi connectivity index (χ0v) is 19.1. The standard InChI is InChI=1S/C15H27F3N4O4S.HI/c1-3-19-14(20-9-5-4-6-13(23)26-2)21-12-7-10-22(11-8-12)27(24,25)15(16,17)18;/h12H,3-11H2,1-2H3,(H2,19,20,21);1H. The Balaban J connectivity index is 0.00000729. The number of guanidine groups is 1. The molecule has 0 aliphatic carbocycles. The van der Waals surface area contributed by atoms with Crippen LogP contribution >= 0.6 is 24.0 Å². The van der Waals surface area contributed by atoms with E-state index in [9.17, 15) is 26.4 Å². The Morgan fingerprint density at radius 1 is 1.25 bits per heavy atom. The summed E-state index contributed by atoms with van der Waals surface area (Å²) in [6.07, 6.45) is 2.16. The van der Waals surface area contributed by atoms with Gasteiger partial charge in [0.1, 0.15) is 0 Å². The third kappa shape index (κ3) is 8.68. The summed E-state index contributed by atoms with van der Waals surface area (Å²) >= 11 is 0. The van der Waals surface area contributed by atoms with E-state index >= 15 is 0 Å². The monoisotopic (exact) mass is 544 g/mol. The summed E-state index contributed by atoms with van der Waals surface area (Å²) in [7, 11) is -3.94. The van der Waals surface area contributed by atoms with Crippen LogP contribution in [0.3, 0.4) is 0 Å². The topological polar surface area (TPSA) is 100 Å². The SMILES string of the molecule is CCNC(=NCCCCC(=O)OC)NC1CCN(S(=O)(=O)C(F)(F)F)CC1.I. The fourth-order valence-corrected chi connectivity index (χ4v) is 3.56. The average molecular weight is 544 g/mol. The summed E-state index contributed by atoms with van der Waals surface area (Å²) in [6, 6.07) is -0.169. The van der Waals surface area contributed by atoms with E-state index in [1.54, 1.807) is 0 Å². The number of halogens is 4. The summed E-state index contributed by atoms with van der Waals surface area (Å²) in [4.78, 5) is 15.4. The number of aliphatic imine (C=N–C) groups is 1. The molecule has 13 heteroatoms. The molecule has 1 saturated heterocycles. The number of nitrogens with one attached hydrogen (secondary N) is 2. The van der Waals surface area contributed by atoms with Crippen molar-refractivity contribution in [1.82, 2.24) is 14.9 Å². The van der Waals surface area contributed by atoms with Crippen LogP contribution in [0.2, 0.25) is 0 Å². The predicted molar refractivity (Wildman–Crippen MR) is 110 cm³/mol. The molecule has 1 rings (SSSR count). The van der Waals surface area contributed by atoms with Crippen LogP contribution in [0.15, 0.2) is 4.99 Å². The van der Waals surface area contributed by atoms with Crippen molar-refractivity contribution in [2.75, 3.05) is 33.3 Å². The molecular formula is C15H28F3IN4O4S. The molecule has 1 fully saturated rings. The van der Waals surface area contributed by atoms with Gasteiger partial charge in [-0.05, 0) is 32.6 Å². The molecule has 2 N–H and O–H groups in total. The summed E-state index contributed by atoms with van der Waals surface area (Å²) in [5, 5.41) is 6.16. The number of unbranched alkanes of at least 4 members (excludes halogenated alkanes) is 1. The van der Waals surface area contributed by atoms with Gasteiger partial charge in [0.05, 0.1) is 7.11 Å². The number of sulfonamides is 1. The maximum absolute atomic E-state index is 12.6. The molecule has 0 aromatic heterocycles. The second-order valence-electron chi connectivity index (χ2n) is 6.06. The molecule has 1 aliphatic rings. The molecule has 0 unspecified atom stereocenters. The van der Waals surface area contributed by atoms with Crippen molar-refractivity contribution in [3.05, 3.63) is 0 Å². The molecule has 1 aliphatic heterocycles. The fraction of sp³-hybridized carbons (Fsp3) is 0.867. The summed E-state index contributed by atoms with van der Waals surface area (Å²) in [5.74, 6) is 0.247. The first kappa shape index (κ1) is 27.2.